The highest BCUT2D eigenvalue weighted by atomic mass is 16.6. The number of carbonyl (C=O) groups is 1. The van der Waals surface area contributed by atoms with E-state index >= 15 is 0 Å². The minimum absolute atomic E-state index is 0.0302. The number of alkyl carbamates (subject to hydrolysis) is 1. The van der Waals surface area contributed by atoms with E-state index in [0.29, 0.717) is 6.54 Å². The Labute approximate surface area is 135 Å². The van der Waals surface area contributed by atoms with Gasteiger partial charge in [0.15, 0.2) is 0 Å². The summed E-state index contributed by atoms with van der Waals surface area (Å²) < 4.78 is 5.29. The Morgan fingerprint density at radius 1 is 1.27 bits per heavy atom. The highest BCUT2D eigenvalue weighted by Gasteiger charge is 2.31. The van der Waals surface area contributed by atoms with Crippen LogP contribution in [-0.4, -0.2) is 42.5 Å². The Morgan fingerprint density at radius 2 is 1.91 bits per heavy atom. The molecule has 0 heterocycles. The quantitative estimate of drug-likeness (QED) is 0.676. The maximum absolute atomic E-state index is 11.8. The van der Waals surface area contributed by atoms with Crippen LogP contribution in [0.25, 0.3) is 0 Å². The number of aliphatic hydroxyl groups is 1. The molecule has 0 spiro atoms. The van der Waals surface area contributed by atoms with Crippen molar-refractivity contribution in [2.75, 3.05) is 19.7 Å². The largest absolute Gasteiger partial charge is 0.444 e. The predicted molar refractivity (Wildman–Crippen MR) is 88.9 cm³/mol. The molecular weight excluding hydrogens is 280 g/mol. The molecule has 1 unspecified atom stereocenters. The lowest BCUT2D eigenvalue weighted by Gasteiger charge is -2.36. The minimum atomic E-state index is -0.473. The standard InChI is InChI=1S/C17H34N2O3/c1-5-14(19-15(21)22-16(2,3)4)11-18-12-17(13-20)9-7-6-8-10-17/h14,18,20H,5-13H2,1-4H3,(H,19,21). The number of rotatable bonds is 7. The van der Waals surface area contributed by atoms with E-state index in [0.717, 1.165) is 25.8 Å². The first kappa shape index (κ1) is 19.2. The second-order valence-electron chi connectivity index (χ2n) is 7.60. The van der Waals surface area contributed by atoms with Crippen LogP contribution in [0.3, 0.4) is 0 Å². The van der Waals surface area contributed by atoms with Gasteiger partial charge in [0.05, 0.1) is 0 Å². The van der Waals surface area contributed by atoms with Gasteiger partial charge in [-0.05, 0) is 40.0 Å². The normalized spacial score (nSPS) is 19.5. The van der Waals surface area contributed by atoms with Gasteiger partial charge in [0.25, 0.3) is 0 Å². The van der Waals surface area contributed by atoms with Gasteiger partial charge >= 0.3 is 6.09 Å². The molecule has 0 aromatic carbocycles. The third kappa shape index (κ3) is 6.97. The van der Waals surface area contributed by atoms with E-state index in [9.17, 15) is 9.90 Å². The Hall–Kier alpha value is -0.810. The molecule has 22 heavy (non-hydrogen) atoms. The second kappa shape index (κ2) is 8.73. The summed E-state index contributed by atoms with van der Waals surface area (Å²) in [7, 11) is 0. The molecule has 1 aliphatic carbocycles. The topological polar surface area (TPSA) is 70.6 Å². The SMILES string of the molecule is CCC(CNCC1(CO)CCCCC1)NC(=O)OC(C)(C)C. The molecule has 130 valence electrons. The molecule has 1 aliphatic rings. The Balaban J connectivity index is 2.35. The van der Waals surface area contributed by atoms with E-state index in [1.807, 2.05) is 27.7 Å². The Bertz CT molecular complexity index is 333. The van der Waals surface area contributed by atoms with Crippen molar-refractivity contribution in [1.29, 1.82) is 0 Å². The second-order valence-corrected chi connectivity index (χ2v) is 7.60. The molecule has 1 rings (SSSR count). The highest BCUT2D eigenvalue weighted by Crippen LogP contribution is 2.35. The van der Waals surface area contributed by atoms with E-state index in [-0.39, 0.29) is 24.2 Å². The maximum atomic E-state index is 11.8. The molecule has 0 radical (unpaired) electrons. The Morgan fingerprint density at radius 3 is 2.41 bits per heavy atom. The van der Waals surface area contributed by atoms with Gasteiger partial charge in [-0.1, -0.05) is 26.2 Å². The summed E-state index contributed by atoms with van der Waals surface area (Å²) >= 11 is 0. The first-order chi connectivity index (χ1) is 10.3. The van der Waals surface area contributed by atoms with Gasteiger partial charge in [-0.2, -0.15) is 0 Å². The zero-order chi connectivity index (χ0) is 16.6. The lowest BCUT2D eigenvalue weighted by Crippen LogP contribution is -2.47. The van der Waals surface area contributed by atoms with Crippen molar-refractivity contribution < 1.29 is 14.6 Å². The van der Waals surface area contributed by atoms with Crippen molar-refractivity contribution in [2.45, 2.75) is 77.9 Å². The highest BCUT2D eigenvalue weighted by molar-refractivity contribution is 5.68. The predicted octanol–water partition coefficient (Wildman–Crippen LogP) is 2.82. The van der Waals surface area contributed by atoms with E-state index in [2.05, 4.69) is 10.6 Å². The van der Waals surface area contributed by atoms with Crippen molar-refractivity contribution >= 4 is 6.09 Å². The number of nitrogens with one attached hydrogen (secondary N) is 2. The van der Waals surface area contributed by atoms with E-state index in [1.165, 1.54) is 19.3 Å². The number of hydrogen-bond donors (Lipinski definition) is 3. The van der Waals surface area contributed by atoms with Crippen LogP contribution in [0.2, 0.25) is 0 Å². The lowest BCUT2D eigenvalue weighted by molar-refractivity contribution is 0.0497. The fraction of sp³-hybridized carbons (Fsp3) is 0.941. The minimum Gasteiger partial charge on any atom is -0.444 e. The molecule has 0 aromatic rings. The molecule has 1 fully saturated rings. The van der Waals surface area contributed by atoms with Crippen LogP contribution in [-0.2, 0) is 4.74 Å². The summed E-state index contributed by atoms with van der Waals surface area (Å²) in [5.41, 5.74) is -0.443. The van der Waals surface area contributed by atoms with Gasteiger partial charge in [0, 0.05) is 31.2 Å². The van der Waals surface area contributed by atoms with E-state index in [4.69, 9.17) is 4.74 Å². The van der Waals surface area contributed by atoms with Gasteiger partial charge in [0.1, 0.15) is 5.60 Å². The third-order valence-electron chi connectivity index (χ3n) is 4.35. The molecule has 5 nitrogen and oxygen atoms in total. The molecule has 0 bridgehead atoms. The van der Waals surface area contributed by atoms with E-state index < -0.39 is 5.60 Å². The monoisotopic (exact) mass is 314 g/mol. The van der Waals surface area contributed by atoms with Crippen LogP contribution in [0.4, 0.5) is 4.79 Å². The summed E-state index contributed by atoms with van der Waals surface area (Å²) in [6.07, 6.45) is 6.35. The molecular formula is C17H34N2O3. The summed E-state index contributed by atoms with van der Waals surface area (Å²) in [6, 6.07) is 0.0502. The van der Waals surface area contributed by atoms with E-state index in [1.54, 1.807) is 0 Å². The third-order valence-corrected chi connectivity index (χ3v) is 4.35. The van der Waals surface area contributed by atoms with Crippen LogP contribution in [0.5, 0.6) is 0 Å². The lowest BCUT2D eigenvalue weighted by atomic mass is 9.74. The van der Waals surface area contributed by atoms with Crippen LogP contribution in [0.1, 0.15) is 66.2 Å². The van der Waals surface area contributed by atoms with Crippen molar-refractivity contribution in [3.05, 3.63) is 0 Å². The van der Waals surface area contributed by atoms with Crippen LogP contribution in [0, 0.1) is 5.41 Å². The molecule has 0 saturated heterocycles. The zero-order valence-electron chi connectivity index (χ0n) is 14.7. The van der Waals surface area contributed by atoms with Crippen LogP contribution < -0.4 is 10.6 Å². The number of aliphatic hydroxyl groups excluding tert-OH is 1. The Kier molecular flexibility index (Phi) is 7.63. The fourth-order valence-electron chi connectivity index (χ4n) is 2.98. The van der Waals surface area contributed by atoms with Gasteiger partial charge in [0.2, 0.25) is 0 Å². The van der Waals surface area contributed by atoms with Gasteiger partial charge in [-0.25, -0.2) is 4.79 Å². The summed E-state index contributed by atoms with van der Waals surface area (Å²) in [4.78, 5) is 11.8. The number of carbonyl (C=O) groups excluding carboxylic acids is 1. The van der Waals surface area contributed by atoms with Crippen LogP contribution in [0.15, 0.2) is 0 Å². The average Bonchev–Trinajstić information content (AvgIpc) is 2.45. The molecule has 1 atom stereocenters. The molecule has 3 N–H and O–H groups in total. The molecule has 1 saturated carbocycles. The summed E-state index contributed by atoms with van der Waals surface area (Å²) in [5.74, 6) is 0. The number of ether oxygens (including phenoxy) is 1. The fourth-order valence-corrected chi connectivity index (χ4v) is 2.98. The smallest absolute Gasteiger partial charge is 0.407 e. The average molecular weight is 314 g/mol. The maximum Gasteiger partial charge on any atom is 0.407 e. The molecule has 1 amide bonds. The molecule has 0 aliphatic heterocycles. The van der Waals surface area contributed by atoms with Crippen molar-refractivity contribution in [3.63, 3.8) is 0 Å². The summed E-state index contributed by atoms with van der Waals surface area (Å²) in [6.45, 7) is 9.40. The zero-order valence-corrected chi connectivity index (χ0v) is 14.7. The van der Waals surface area contributed by atoms with Gasteiger partial charge < -0.3 is 20.5 Å². The molecule has 0 aromatic heterocycles. The molecule has 5 heteroatoms. The van der Waals surface area contributed by atoms with Gasteiger partial charge in [-0.15, -0.1) is 0 Å². The number of amides is 1. The summed E-state index contributed by atoms with van der Waals surface area (Å²) in [5, 5.41) is 16.0. The van der Waals surface area contributed by atoms with Crippen molar-refractivity contribution in [2.24, 2.45) is 5.41 Å². The van der Waals surface area contributed by atoms with Crippen molar-refractivity contribution in [1.82, 2.24) is 10.6 Å². The first-order valence-corrected chi connectivity index (χ1v) is 8.61. The van der Waals surface area contributed by atoms with Crippen LogP contribution >= 0.6 is 0 Å². The van der Waals surface area contributed by atoms with Crippen molar-refractivity contribution in [3.8, 4) is 0 Å². The number of hydrogen-bond acceptors (Lipinski definition) is 4. The first-order valence-electron chi connectivity index (χ1n) is 8.61. The van der Waals surface area contributed by atoms with Gasteiger partial charge in [-0.3, -0.25) is 0 Å².